The van der Waals surface area contributed by atoms with Crippen LogP contribution in [0.5, 0.6) is 0 Å². The van der Waals surface area contributed by atoms with Gasteiger partial charge in [0.15, 0.2) is 0 Å². The Hall–Kier alpha value is -2.43. The largest absolute Gasteiger partial charge is 0.379 e. The van der Waals surface area contributed by atoms with Crippen molar-refractivity contribution < 1.29 is 4.92 Å². The van der Waals surface area contributed by atoms with Crippen molar-refractivity contribution in [1.29, 1.82) is 0 Å². The summed E-state index contributed by atoms with van der Waals surface area (Å²) >= 11 is 0. The molecule has 98 valence electrons. The van der Waals surface area contributed by atoms with Gasteiger partial charge in [0.05, 0.1) is 4.92 Å². The van der Waals surface area contributed by atoms with E-state index < -0.39 is 0 Å². The Balaban J connectivity index is 2.05. The normalized spacial score (nSPS) is 10.2. The van der Waals surface area contributed by atoms with E-state index >= 15 is 0 Å². The van der Waals surface area contributed by atoms with E-state index in [2.05, 4.69) is 10.3 Å². The summed E-state index contributed by atoms with van der Waals surface area (Å²) in [5.74, 6) is 0. The number of aromatic nitrogens is 1. The molecule has 0 spiro atoms. The maximum absolute atomic E-state index is 11.0. The van der Waals surface area contributed by atoms with E-state index in [1.165, 1.54) is 6.07 Å². The molecule has 0 unspecified atom stereocenters. The summed E-state index contributed by atoms with van der Waals surface area (Å²) in [5.41, 5.74) is 2.75. The fraction of sp³-hybridized carbons (Fsp3) is 0.214. The number of benzene rings is 1. The van der Waals surface area contributed by atoms with E-state index in [9.17, 15) is 10.1 Å². The van der Waals surface area contributed by atoms with Crippen LogP contribution in [0.4, 0.5) is 11.4 Å². The molecule has 1 N–H and O–H groups in total. The van der Waals surface area contributed by atoms with Gasteiger partial charge in [0.1, 0.15) is 5.69 Å². The van der Waals surface area contributed by atoms with Crippen LogP contribution >= 0.6 is 0 Å². The maximum Gasteiger partial charge on any atom is 0.292 e. The van der Waals surface area contributed by atoms with Gasteiger partial charge in [-0.2, -0.15) is 0 Å². The summed E-state index contributed by atoms with van der Waals surface area (Å²) in [7, 11) is 0. The first-order valence-corrected chi connectivity index (χ1v) is 6.05. The molecule has 0 bridgehead atoms. The number of hydrogen-bond acceptors (Lipinski definition) is 4. The Morgan fingerprint density at radius 2 is 2.00 bits per heavy atom. The van der Waals surface area contributed by atoms with Crippen LogP contribution in [0.1, 0.15) is 11.1 Å². The summed E-state index contributed by atoms with van der Waals surface area (Å²) in [5, 5.41) is 14.1. The molecule has 0 amide bonds. The number of aryl methyl sites for hydroxylation is 1. The van der Waals surface area contributed by atoms with Gasteiger partial charge in [-0.1, -0.05) is 12.1 Å². The number of nitrogens with one attached hydrogen (secondary N) is 1. The topological polar surface area (TPSA) is 68.1 Å². The zero-order valence-corrected chi connectivity index (χ0v) is 10.7. The van der Waals surface area contributed by atoms with Crippen LogP contribution in [-0.4, -0.2) is 16.5 Å². The van der Waals surface area contributed by atoms with Crippen molar-refractivity contribution in [2.24, 2.45) is 0 Å². The Bertz CT molecular complexity index is 570. The number of nitrogens with zero attached hydrogens (tertiary/aromatic N) is 2. The molecule has 2 aromatic rings. The van der Waals surface area contributed by atoms with Crippen LogP contribution in [0.25, 0.3) is 0 Å². The van der Waals surface area contributed by atoms with Crippen LogP contribution in [0.2, 0.25) is 0 Å². The molecule has 0 aliphatic carbocycles. The van der Waals surface area contributed by atoms with Gasteiger partial charge in [-0.05, 0) is 36.6 Å². The van der Waals surface area contributed by atoms with E-state index in [-0.39, 0.29) is 10.6 Å². The van der Waals surface area contributed by atoms with E-state index in [1.807, 2.05) is 25.1 Å². The van der Waals surface area contributed by atoms with E-state index in [0.29, 0.717) is 12.2 Å². The van der Waals surface area contributed by atoms with Crippen molar-refractivity contribution in [3.8, 4) is 0 Å². The van der Waals surface area contributed by atoms with Crippen molar-refractivity contribution in [2.45, 2.75) is 13.3 Å². The summed E-state index contributed by atoms with van der Waals surface area (Å²) in [6.07, 6.45) is 4.28. The average molecular weight is 257 g/mol. The smallest absolute Gasteiger partial charge is 0.292 e. The minimum absolute atomic E-state index is 0.120. The standard InChI is InChI=1S/C14H15N3O2/c1-11-3-2-4-13(17(18)19)14(11)16-10-7-12-5-8-15-9-6-12/h2-6,8-9,16H,7,10H2,1H3. The lowest BCUT2D eigenvalue weighted by molar-refractivity contribution is -0.384. The summed E-state index contributed by atoms with van der Waals surface area (Å²) < 4.78 is 0. The van der Waals surface area contributed by atoms with Gasteiger partial charge in [0.25, 0.3) is 5.69 Å². The number of nitro benzene ring substituents is 1. The van der Waals surface area contributed by atoms with Crippen molar-refractivity contribution >= 4 is 11.4 Å². The Labute approximate surface area is 111 Å². The van der Waals surface area contributed by atoms with Gasteiger partial charge in [-0.25, -0.2) is 0 Å². The first-order valence-electron chi connectivity index (χ1n) is 6.05. The first-order chi connectivity index (χ1) is 9.18. The van der Waals surface area contributed by atoms with Crippen LogP contribution < -0.4 is 5.32 Å². The van der Waals surface area contributed by atoms with E-state index in [0.717, 1.165) is 17.5 Å². The lowest BCUT2D eigenvalue weighted by Crippen LogP contribution is -2.08. The summed E-state index contributed by atoms with van der Waals surface area (Å²) in [6, 6.07) is 8.95. The Kier molecular flexibility index (Phi) is 4.07. The molecule has 0 atom stereocenters. The number of nitro groups is 1. The maximum atomic E-state index is 11.0. The molecule has 0 saturated carbocycles. The fourth-order valence-electron chi connectivity index (χ4n) is 1.92. The monoisotopic (exact) mass is 257 g/mol. The van der Waals surface area contributed by atoms with Crippen LogP contribution in [0.3, 0.4) is 0 Å². The Morgan fingerprint density at radius 1 is 1.26 bits per heavy atom. The molecule has 0 radical (unpaired) electrons. The molecule has 0 saturated heterocycles. The van der Waals surface area contributed by atoms with Crippen molar-refractivity contribution in [3.63, 3.8) is 0 Å². The third-order valence-electron chi connectivity index (χ3n) is 2.91. The van der Waals surface area contributed by atoms with E-state index in [4.69, 9.17) is 0 Å². The predicted octanol–water partition coefficient (Wildman–Crippen LogP) is 2.95. The molecule has 1 aromatic carbocycles. The van der Waals surface area contributed by atoms with Crippen molar-refractivity contribution in [3.05, 3.63) is 64.0 Å². The summed E-state index contributed by atoms with van der Waals surface area (Å²) in [6.45, 7) is 2.51. The van der Waals surface area contributed by atoms with Gasteiger partial charge in [0, 0.05) is 25.0 Å². The highest BCUT2D eigenvalue weighted by atomic mass is 16.6. The van der Waals surface area contributed by atoms with Gasteiger partial charge < -0.3 is 5.32 Å². The highest BCUT2D eigenvalue weighted by Crippen LogP contribution is 2.27. The molecule has 19 heavy (non-hydrogen) atoms. The van der Waals surface area contributed by atoms with Crippen LogP contribution in [0, 0.1) is 17.0 Å². The quantitative estimate of drug-likeness (QED) is 0.660. The number of anilines is 1. The minimum Gasteiger partial charge on any atom is -0.379 e. The van der Waals surface area contributed by atoms with Gasteiger partial charge in [0.2, 0.25) is 0 Å². The van der Waals surface area contributed by atoms with Gasteiger partial charge >= 0.3 is 0 Å². The molecule has 2 rings (SSSR count). The number of hydrogen-bond donors (Lipinski definition) is 1. The molecule has 0 fully saturated rings. The van der Waals surface area contributed by atoms with Crippen molar-refractivity contribution in [1.82, 2.24) is 4.98 Å². The van der Waals surface area contributed by atoms with Gasteiger partial charge in [-0.3, -0.25) is 15.1 Å². The third kappa shape index (κ3) is 3.28. The number of para-hydroxylation sites is 1. The SMILES string of the molecule is Cc1cccc([N+](=O)[O-])c1NCCc1ccncc1. The second-order valence-corrected chi connectivity index (χ2v) is 4.26. The highest BCUT2D eigenvalue weighted by Gasteiger charge is 2.14. The average Bonchev–Trinajstić information content (AvgIpc) is 2.41. The zero-order valence-electron chi connectivity index (χ0n) is 10.7. The fourth-order valence-corrected chi connectivity index (χ4v) is 1.92. The first kappa shape index (κ1) is 13.0. The second-order valence-electron chi connectivity index (χ2n) is 4.26. The molecular formula is C14H15N3O2. The second kappa shape index (κ2) is 5.95. The van der Waals surface area contributed by atoms with Crippen molar-refractivity contribution in [2.75, 3.05) is 11.9 Å². The molecule has 5 nitrogen and oxygen atoms in total. The molecule has 5 heteroatoms. The highest BCUT2D eigenvalue weighted by molar-refractivity contribution is 5.65. The third-order valence-corrected chi connectivity index (χ3v) is 2.91. The lowest BCUT2D eigenvalue weighted by Gasteiger charge is -2.09. The Morgan fingerprint density at radius 3 is 2.68 bits per heavy atom. The zero-order chi connectivity index (χ0) is 13.7. The lowest BCUT2D eigenvalue weighted by atomic mass is 10.1. The predicted molar refractivity (Wildman–Crippen MR) is 74.3 cm³/mol. The molecule has 1 aromatic heterocycles. The number of pyridine rings is 1. The molecular weight excluding hydrogens is 242 g/mol. The van der Waals surface area contributed by atoms with Crippen LogP contribution in [-0.2, 0) is 6.42 Å². The molecule has 1 heterocycles. The minimum atomic E-state index is -0.359. The number of rotatable bonds is 5. The summed E-state index contributed by atoms with van der Waals surface area (Å²) in [4.78, 5) is 14.6. The van der Waals surface area contributed by atoms with E-state index in [1.54, 1.807) is 18.5 Å². The molecule has 0 aliphatic heterocycles. The molecule has 0 aliphatic rings. The van der Waals surface area contributed by atoms with Crippen LogP contribution in [0.15, 0.2) is 42.7 Å². The van der Waals surface area contributed by atoms with Gasteiger partial charge in [-0.15, -0.1) is 0 Å².